The van der Waals surface area contributed by atoms with Crippen molar-refractivity contribution in [2.75, 3.05) is 27.2 Å². The molecule has 158 valence electrons. The number of hydrogen-bond donors (Lipinski definition) is 2. The van der Waals surface area contributed by atoms with Crippen molar-refractivity contribution < 1.29 is 28.8 Å². The van der Waals surface area contributed by atoms with Crippen LogP contribution in [0.5, 0.6) is 0 Å². The Bertz CT molecular complexity index is 577. The maximum atomic E-state index is 12.3. The van der Waals surface area contributed by atoms with E-state index in [0.717, 1.165) is 12.8 Å². The molecule has 1 saturated heterocycles. The highest BCUT2D eigenvalue weighted by Crippen LogP contribution is 2.13. The summed E-state index contributed by atoms with van der Waals surface area (Å²) in [5, 5.41) is 6.02. The largest absolute Gasteiger partial charge is 0.356 e. The van der Waals surface area contributed by atoms with Crippen LogP contribution in [0.15, 0.2) is 0 Å². The molecule has 0 aromatic rings. The Morgan fingerprint density at radius 1 is 1.04 bits per heavy atom. The second kappa shape index (κ2) is 12.1. The molecule has 2 N–H and O–H groups in total. The topological polar surface area (TPSA) is 125 Å². The number of hydroxylamine groups is 2. The first-order valence-electron chi connectivity index (χ1n) is 9.47. The maximum absolute atomic E-state index is 12.3. The summed E-state index contributed by atoms with van der Waals surface area (Å²) in [5.41, 5.74) is 0. The number of imide groups is 1. The third-order valence-corrected chi connectivity index (χ3v) is 4.26. The van der Waals surface area contributed by atoms with Crippen molar-refractivity contribution in [3.8, 4) is 0 Å². The van der Waals surface area contributed by atoms with E-state index in [-0.39, 0.29) is 43.7 Å². The van der Waals surface area contributed by atoms with E-state index in [1.165, 1.54) is 6.92 Å². The van der Waals surface area contributed by atoms with Gasteiger partial charge in [0.25, 0.3) is 11.8 Å². The summed E-state index contributed by atoms with van der Waals surface area (Å²) in [7, 11) is 3.64. The van der Waals surface area contributed by atoms with Gasteiger partial charge in [0.15, 0.2) is 0 Å². The van der Waals surface area contributed by atoms with E-state index in [2.05, 4.69) is 10.6 Å². The van der Waals surface area contributed by atoms with E-state index in [9.17, 15) is 24.0 Å². The molecule has 0 saturated carbocycles. The zero-order valence-electron chi connectivity index (χ0n) is 16.8. The molecule has 1 atom stereocenters. The highest BCUT2D eigenvalue weighted by Gasteiger charge is 2.32. The summed E-state index contributed by atoms with van der Waals surface area (Å²) >= 11 is 0. The number of nitrogens with one attached hydrogen (secondary N) is 2. The van der Waals surface area contributed by atoms with Crippen molar-refractivity contribution >= 4 is 29.6 Å². The van der Waals surface area contributed by atoms with Crippen molar-refractivity contribution in [3.63, 3.8) is 0 Å². The van der Waals surface area contributed by atoms with Crippen LogP contribution < -0.4 is 10.6 Å². The van der Waals surface area contributed by atoms with Gasteiger partial charge in [0.1, 0.15) is 0 Å². The fraction of sp³-hybridized carbons (Fsp3) is 0.722. The van der Waals surface area contributed by atoms with Crippen molar-refractivity contribution in [1.82, 2.24) is 20.6 Å². The van der Waals surface area contributed by atoms with Gasteiger partial charge in [-0.25, -0.2) is 4.79 Å². The predicted octanol–water partition coefficient (Wildman–Crippen LogP) is -0.273. The maximum Gasteiger partial charge on any atom is 0.333 e. The molecule has 4 amide bonds. The van der Waals surface area contributed by atoms with Crippen molar-refractivity contribution in [2.45, 2.75) is 57.9 Å². The van der Waals surface area contributed by atoms with Crippen LogP contribution in [0.25, 0.3) is 0 Å². The molecular weight excluding hydrogens is 368 g/mol. The molecule has 1 fully saturated rings. The summed E-state index contributed by atoms with van der Waals surface area (Å²) in [6.45, 7) is 2.33. The Hall–Kier alpha value is -2.49. The van der Waals surface area contributed by atoms with E-state index < -0.39 is 17.8 Å². The standard InChI is InChI=1S/C18H30N4O6/c1-13(23)19-11-5-4-7-14(21(2)3)18(27)20-12-6-8-17(26)28-22-15(24)9-10-16(22)25/h14H,4-12H2,1-3H3,(H,19,23)(H,20,27). The van der Waals surface area contributed by atoms with Crippen LogP contribution in [0, 0.1) is 0 Å². The van der Waals surface area contributed by atoms with Gasteiger partial charge in [-0.3, -0.25) is 24.1 Å². The predicted molar refractivity (Wildman–Crippen MR) is 99.4 cm³/mol. The van der Waals surface area contributed by atoms with Crippen molar-refractivity contribution in [1.29, 1.82) is 0 Å². The zero-order valence-corrected chi connectivity index (χ0v) is 16.8. The van der Waals surface area contributed by atoms with E-state index >= 15 is 0 Å². The second-order valence-corrected chi connectivity index (χ2v) is 6.90. The molecular formula is C18H30N4O6. The van der Waals surface area contributed by atoms with Crippen LogP contribution in [-0.4, -0.2) is 72.8 Å². The SMILES string of the molecule is CC(=O)NCCCCC(C(=O)NCCCC(=O)ON1C(=O)CCC1=O)N(C)C. The minimum Gasteiger partial charge on any atom is -0.356 e. The van der Waals surface area contributed by atoms with E-state index in [0.29, 0.717) is 24.4 Å². The minimum absolute atomic E-state index is 0.0132. The van der Waals surface area contributed by atoms with Crippen molar-refractivity contribution in [3.05, 3.63) is 0 Å². The van der Waals surface area contributed by atoms with E-state index in [4.69, 9.17) is 4.84 Å². The molecule has 0 radical (unpaired) electrons. The van der Waals surface area contributed by atoms with Crippen molar-refractivity contribution in [2.24, 2.45) is 0 Å². The number of amides is 4. The molecule has 1 heterocycles. The van der Waals surface area contributed by atoms with Gasteiger partial charge in [-0.15, -0.1) is 5.06 Å². The zero-order chi connectivity index (χ0) is 21.1. The molecule has 0 aromatic carbocycles. The van der Waals surface area contributed by atoms with Gasteiger partial charge in [-0.2, -0.15) is 0 Å². The van der Waals surface area contributed by atoms with Crippen LogP contribution in [0.3, 0.4) is 0 Å². The molecule has 1 rings (SSSR count). The van der Waals surface area contributed by atoms with E-state index in [1.807, 2.05) is 19.0 Å². The fourth-order valence-electron chi connectivity index (χ4n) is 2.72. The lowest BCUT2D eigenvalue weighted by Gasteiger charge is -2.23. The minimum atomic E-state index is -0.681. The lowest BCUT2D eigenvalue weighted by atomic mass is 10.1. The number of unbranched alkanes of at least 4 members (excludes halogenated alkanes) is 1. The molecule has 1 aliphatic heterocycles. The summed E-state index contributed by atoms with van der Waals surface area (Å²) in [6.07, 6.45) is 2.67. The third-order valence-electron chi connectivity index (χ3n) is 4.26. The summed E-state index contributed by atoms with van der Waals surface area (Å²) in [6, 6.07) is -0.302. The molecule has 28 heavy (non-hydrogen) atoms. The third kappa shape index (κ3) is 8.47. The Labute approximate surface area is 164 Å². The van der Waals surface area contributed by atoms with E-state index in [1.54, 1.807) is 0 Å². The molecule has 0 aromatic heterocycles. The van der Waals surface area contributed by atoms with Gasteiger partial charge in [-0.05, 0) is 39.8 Å². The van der Waals surface area contributed by atoms with Gasteiger partial charge in [0.05, 0.1) is 6.04 Å². The Kier molecular flexibility index (Phi) is 10.1. The number of hydrogen-bond acceptors (Lipinski definition) is 7. The molecule has 0 aliphatic carbocycles. The van der Waals surface area contributed by atoms with Crippen LogP contribution in [0.4, 0.5) is 0 Å². The highest BCUT2D eigenvalue weighted by atomic mass is 16.7. The summed E-state index contributed by atoms with van der Waals surface area (Å²) in [5.74, 6) is -1.92. The fourth-order valence-corrected chi connectivity index (χ4v) is 2.72. The smallest absolute Gasteiger partial charge is 0.333 e. The second-order valence-electron chi connectivity index (χ2n) is 6.90. The first-order chi connectivity index (χ1) is 13.2. The Morgan fingerprint density at radius 2 is 1.64 bits per heavy atom. The molecule has 0 spiro atoms. The van der Waals surface area contributed by atoms with Crippen LogP contribution >= 0.6 is 0 Å². The number of carbonyl (C=O) groups is 5. The summed E-state index contributed by atoms with van der Waals surface area (Å²) < 4.78 is 0. The quantitative estimate of drug-likeness (QED) is 0.342. The summed E-state index contributed by atoms with van der Waals surface area (Å²) in [4.78, 5) is 64.2. The van der Waals surface area contributed by atoms with Gasteiger partial charge >= 0.3 is 5.97 Å². The number of rotatable bonds is 12. The van der Waals surface area contributed by atoms with Crippen LogP contribution in [0.1, 0.15) is 51.9 Å². The number of carbonyl (C=O) groups excluding carboxylic acids is 5. The lowest BCUT2D eigenvalue weighted by molar-refractivity contribution is -0.197. The molecule has 0 bridgehead atoms. The van der Waals surface area contributed by atoms with Crippen LogP contribution in [-0.2, 0) is 28.8 Å². The number of nitrogens with zero attached hydrogens (tertiary/aromatic N) is 2. The van der Waals surface area contributed by atoms with Gasteiger partial charge < -0.3 is 15.5 Å². The number of likely N-dealkylation sites (N-methyl/N-ethyl adjacent to an activating group) is 1. The first-order valence-corrected chi connectivity index (χ1v) is 9.47. The average molecular weight is 398 g/mol. The molecule has 1 unspecified atom stereocenters. The lowest BCUT2D eigenvalue weighted by Crippen LogP contribution is -2.44. The first kappa shape index (κ1) is 23.5. The Morgan fingerprint density at radius 3 is 2.21 bits per heavy atom. The van der Waals surface area contributed by atoms with Crippen LogP contribution in [0.2, 0.25) is 0 Å². The molecule has 10 heteroatoms. The van der Waals surface area contributed by atoms with Gasteiger partial charge in [0.2, 0.25) is 11.8 Å². The normalized spacial score (nSPS) is 14.9. The Balaban J connectivity index is 2.24. The average Bonchev–Trinajstić information content (AvgIpc) is 2.93. The highest BCUT2D eigenvalue weighted by molar-refractivity contribution is 6.01. The monoisotopic (exact) mass is 398 g/mol. The molecule has 1 aliphatic rings. The van der Waals surface area contributed by atoms with Gasteiger partial charge in [0, 0.05) is 39.3 Å². The molecule has 10 nitrogen and oxygen atoms in total. The van der Waals surface area contributed by atoms with Gasteiger partial charge in [-0.1, -0.05) is 0 Å².